The minimum atomic E-state index is -2.08. The SMILES string of the molecule is O=C(OCc1ccccc1)C(O)C(C(=O)OCc1ccccc1)n1c(-c2ccccc2)c(-c2ccccc2)oc1=O. The third-order valence-corrected chi connectivity index (χ3v) is 6.43. The van der Waals surface area contributed by atoms with Crippen LogP contribution in [0.4, 0.5) is 0 Å². The fourth-order valence-electron chi connectivity index (χ4n) is 4.42. The molecule has 0 aliphatic rings. The van der Waals surface area contributed by atoms with Gasteiger partial charge in [0.05, 0.1) is 5.69 Å². The van der Waals surface area contributed by atoms with Crippen LogP contribution < -0.4 is 5.76 Å². The van der Waals surface area contributed by atoms with E-state index < -0.39 is 29.8 Å². The summed E-state index contributed by atoms with van der Waals surface area (Å²) in [5.74, 6) is -2.87. The van der Waals surface area contributed by atoms with Crippen LogP contribution in [0.3, 0.4) is 0 Å². The summed E-state index contributed by atoms with van der Waals surface area (Å²) in [4.78, 5) is 40.2. The Hall–Kier alpha value is -5.21. The van der Waals surface area contributed by atoms with Crippen LogP contribution in [0, 0.1) is 0 Å². The van der Waals surface area contributed by atoms with Crippen molar-refractivity contribution in [2.75, 3.05) is 0 Å². The van der Waals surface area contributed by atoms with Gasteiger partial charge in [-0.3, -0.25) is 4.57 Å². The lowest BCUT2D eigenvalue weighted by atomic mass is 10.0. The summed E-state index contributed by atoms with van der Waals surface area (Å²) in [5.41, 5.74) is 2.68. The first-order valence-corrected chi connectivity index (χ1v) is 13.0. The summed E-state index contributed by atoms with van der Waals surface area (Å²) in [6, 6.07) is 33.7. The molecule has 4 aromatic carbocycles. The molecule has 5 rings (SSSR count). The average Bonchev–Trinajstić information content (AvgIpc) is 3.37. The van der Waals surface area contributed by atoms with Crippen LogP contribution in [-0.4, -0.2) is 27.7 Å². The number of benzene rings is 4. The van der Waals surface area contributed by atoms with Gasteiger partial charge in [0.25, 0.3) is 0 Å². The summed E-state index contributed by atoms with van der Waals surface area (Å²) in [5, 5.41) is 11.3. The number of aromatic nitrogens is 1. The van der Waals surface area contributed by atoms with Crippen LogP contribution in [0.1, 0.15) is 17.2 Å². The van der Waals surface area contributed by atoms with Crippen LogP contribution in [0.15, 0.2) is 131 Å². The summed E-state index contributed by atoms with van der Waals surface area (Å²) < 4.78 is 17.5. The Balaban J connectivity index is 1.57. The average molecular weight is 550 g/mol. The van der Waals surface area contributed by atoms with Gasteiger partial charge >= 0.3 is 17.7 Å². The Labute approximate surface area is 236 Å². The smallest absolute Gasteiger partial charge is 0.420 e. The van der Waals surface area contributed by atoms with Gasteiger partial charge in [0.2, 0.25) is 0 Å². The second kappa shape index (κ2) is 12.8. The van der Waals surface area contributed by atoms with Gasteiger partial charge in [-0.25, -0.2) is 14.4 Å². The first kappa shape index (κ1) is 27.4. The lowest BCUT2D eigenvalue weighted by molar-refractivity contribution is -0.167. The van der Waals surface area contributed by atoms with Gasteiger partial charge in [0.15, 0.2) is 17.9 Å². The zero-order valence-corrected chi connectivity index (χ0v) is 22.0. The second-order valence-corrected chi connectivity index (χ2v) is 9.22. The normalized spacial score (nSPS) is 12.3. The molecule has 0 aliphatic heterocycles. The maximum atomic E-state index is 13.6. The summed E-state index contributed by atoms with van der Waals surface area (Å²) in [6.45, 7) is -0.273. The van der Waals surface area contributed by atoms with Crippen LogP contribution in [0.25, 0.3) is 22.6 Å². The lowest BCUT2D eigenvalue weighted by Crippen LogP contribution is -2.42. The highest BCUT2D eigenvalue weighted by molar-refractivity contribution is 5.87. The summed E-state index contributed by atoms with van der Waals surface area (Å²) in [6.07, 6.45) is -2.08. The van der Waals surface area contributed by atoms with Crippen LogP contribution in [0.5, 0.6) is 0 Å². The van der Waals surface area contributed by atoms with E-state index in [9.17, 15) is 19.5 Å². The molecule has 8 heteroatoms. The number of ether oxygens (including phenoxy) is 2. The predicted octanol–water partition coefficient (Wildman–Crippen LogP) is 5.16. The largest absolute Gasteiger partial charge is 0.459 e. The zero-order chi connectivity index (χ0) is 28.6. The minimum Gasteiger partial charge on any atom is -0.459 e. The Bertz CT molecular complexity index is 1650. The monoisotopic (exact) mass is 549 g/mol. The highest BCUT2D eigenvalue weighted by atomic mass is 16.6. The second-order valence-electron chi connectivity index (χ2n) is 9.22. The van der Waals surface area contributed by atoms with Crippen molar-refractivity contribution in [3.05, 3.63) is 143 Å². The molecule has 0 saturated heterocycles. The maximum Gasteiger partial charge on any atom is 0.420 e. The fraction of sp³-hybridized carbons (Fsp3) is 0.121. The number of rotatable bonds is 10. The van der Waals surface area contributed by atoms with Gasteiger partial charge in [-0.05, 0) is 11.1 Å². The Kier molecular flexibility index (Phi) is 8.52. The molecule has 1 heterocycles. The first-order valence-electron chi connectivity index (χ1n) is 13.0. The van der Waals surface area contributed by atoms with E-state index in [-0.39, 0.29) is 24.7 Å². The number of nitrogens with zero attached hydrogens (tertiary/aromatic N) is 1. The number of oxazole rings is 1. The molecule has 2 unspecified atom stereocenters. The van der Waals surface area contributed by atoms with Crippen LogP contribution >= 0.6 is 0 Å². The third kappa shape index (κ3) is 6.34. The molecule has 0 saturated carbocycles. The Morgan fingerprint density at radius 1 is 0.659 bits per heavy atom. The molecule has 2 atom stereocenters. The zero-order valence-electron chi connectivity index (χ0n) is 22.0. The molecule has 41 heavy (non-hydrogen) atoms. The predicted molar refractivity (Wildman–Crippen MR) is 151 cm³/mol. The first-order chi connectivity index (χ1) is 20.0. The molecular weight excluding hydrogens is 522 g/mol. The van der Waals surface area contributed by atoms with E-state index >= 15 is 0 Å². The van der Waals surface area contributed by atoms with Gasteiger partial charge in [-0.1, -0.05) is 121 Å². The van der Waals surface area contributed by atoms with Gasteiger partial charge in [0, 0.05) is 11.1 Å². The van der Waals surface area contributed by atoms with Crippen LogP contribution in [0.2, 0.25) is 0 Å². The van der Waals surface area contributed by atoms with E-state index in [1.807, 2.05) is 18.2 Å². The number of hydrogen-bond donors (Lipinski definition) is 1. The molecule has 0 aliphatic carbocycles. The number of carbonyl (C=O) groups excluding carboxylic acids is 2. The van der Waals surface area contributed by atoms with Crippen molar-refractivity contribution in [1.82, 2.24) is 4.57 Å². The molecule has 5 aromatic rings. The Morgan fingerprint density at radius 3 is 1.61 bits per heavy atom. The van der Waals surface area contributed by atoms with Crippen molar-refractivity contribution in [2.45, 2.75) is 25.4 Å². The number of esters is 2. The highest BCUT2D eigenvalue weighted by Crippen LogP contribution is 2.34. The van der Waals surface area contributed by atoms with E-state index in [1.54, 1.807) is 103 Å². The molecular formula is C33H27NO7. The standard InChI is InChI=1S/C33H27NO7/c35-29(32(37)40-22-24-15-7-2-8-16-24)28(31(36)39-21-23-13-5-1-6-14-23)34-27(25-17-9-3-10-18-25)30(41-33(34)38)26-19-11-4-12-20-26/h1-20,28-29,35H,21-22H2. The quantitative estimate of drug-likeness (QED) is 0.240. The molecule has 1 aromatic heterocycles. The number of carbonyl (C=O) groups is 2. The summed E-state index contributed by atoms with van der Waals surface area (Å²) in [7, 11) is 0. The van der Waals surface area contributed by atoms with Gasteiger partial charge in [0.1, 0.15) is 13.2 Å². The molecule has 0 radical (unpaired) electrons. The lowest BCUT2D eigenvalue weighted by Gasteiger charge is -2.23. The van der Waals surface area contributed by atoms with Crippen molar-refractivity contribution >= 4 is 11.9 Å². The van der Waals surface area contributed by atoms with E-state index in [0.29, 0.717) is 22.3 Å². The van der Waals surface area contributed by atoms with Crippen LogP contribution in [-0.2, 0) is 32.3 Å². The van der Waals surface area contributed by atoms with E-state index in [4.69, 9.17) is 13.9 Å². The third-order valence-electron chi connectivity index (χ3n) is 6.43. The molecule has 0 amide bonds. The molecule has 0 spiro atoms. The maximum absolute atomic E-state index is 13.6. The van der Waals surface area contributed by atoms with Crippen molar-refractivity contribution in [3.8, 4) is 22.6 Å². The number of aliphatic hydroxyl groups excluding tert-OH is 1. The van der Waals surface area contributed by atoms with Crippen molar-refractivity contribution in [3.63, 3.8) is 0 Å². The summed E-state index contributed by atoms with van der Waals surface area (Å²) >= 11 is 0. The molecule has 0 fully saturated rings. The topological polar surface area (TPSA) is 108 Å². The highest BCUT2D eigenvalue weighted by Gasteiger charge is 2.40. The van der Waals surface area contributed by atoms with E-state index in [0.717, 1.165) is 4.57 Å². The molecule has 0 bridgehead atoms. The van der Waals surface area contributed by atoms with E-state index in [1.165, 1.54) is 0 Å². The number of aliphatic hydroxyl groups is 1. The van der Waals surface area contributed by atoms with Gasteiger partial charge in [-0.15, -0.1) is 0 Å². The van der Waals surface area contributed by atoms with Crippen molar-refractivity contribution < 1.29 is 28.6 Å². The molecule has 206 valence electrons. The number of hydrogen-bond acceptors (Lipinski definition) is 7. The minimum absolute atomic E-state index is 0.135. The van der Waals surface area contributed by atoms with Gasteiger partial charge < -0.3 is 19.0 Å². The van der Waals surface area contributed by atoms with E-state index in [2.05, 4.69) is 0 Å². The Morgan fingerprint density at radius 2 is 1.10 bits per heavy atom. The van der Waals surface area contributed by atoms with Crippen molar-refractivity contribution in [2.24, 2.45) is 0 Å². The molecule has 8 nitrogen and oxygen atoms in total. The van der Waals surface area contributed by atoms with Crippen molar-refractivity contribution in [1.29, 1.82) is 0 Å². The molecule has 1 N–H and O–H groups in total. The fourth-order valence-corrected chi connectivity index (χ4v) is 4.42. The van der Waals surface area contributed by atoms with Gasteiger partial charge in [-0.2, -0.15) is 0 Å².